The number of carboxylic acids is 1. The SMILES string of the molecule is O=C(O)CSCC(=O)NCCOCCO. The predicted molar refractivity (Wildman–Crippen MR) is 55.9 cm³/mol. The van der Waals surface area contributed by atoms with Gasteiger partial charge in [0.15, 0.2) is 0 Å². The summed E-state index contributed by atoms with van der Waals surface area (Å²) in [6.07, 6.45) is 0. The van der Waals surface area contributed by atoms with Crippen LogP contribution in [0, 0.1) is 0 Å². The summed E-state index contributed by atoms with van der Waals surface area (Å²) in [4.78, 5) is 21.1. The van der Waals surface area contributed by atoms with Crippen molar-refractivity contribution in [3.8, 4) is 0 Å². The van der Waals surface area contributed by atoms with Crippen molar-refractivity contribution >= 4 is 23.6 Å². The van der Waals surface area contributed by atoms with Gasteiger partial charge in [-0.05, 0) is 0 Å². The van der Waals surface area contributed by atoms with Crippen LogP contribution in [0.25, 0.3) is 0 Å². The number of carbonyl (C=O) groups excluding carboxylic acids is 1. The van der Waals surface area contributed by atoms with Crippen molar-refractivity contribution in [2.24, 2.45) is 0 Å². The summed E-state index contributed by atoms with van der Waals surface area (Å²) in [7, 11) is 0. The van der Waals surface area contributed by atoms with Crippen LogP contribution in [0.3, 0.4) is 0 Å². The summed E-state index contributed by atoms with van der Waals surface area (Å²) in [6.45, 7) is 0.925. The second-order valence-corrected chi connectivity index (χ2v) is 3.56. The highest BCUT2D eigenvalue weighted by Crippen LogP contribution is 1.97. The number of amides is 1. The minimum Gasteiger partial charge on any atom is -0.481 e. The predicted octanol–water partition coefficient (Wildman–Crippen LogP) is -1.07. The molecular weight excluding hydrogens is 222 g/mol. The first-order valence-electron chi connectivity index (χ1n) is 4.41. The van der Waals surface area contributed by atoms with Crippen molar-refractivity contribution in [3.63, 3.8) is 0 Å². The van der Waals surface area contributed by atoms with Gasteiger partial charge in [-0.3, -0.25) is 9.59 Å². The zero-order chi connectivity index (χ0) is 11.5. The summed E-state index contributed by atoms with van der Waals surface area (Å²) in [5.41, 5.74) is 0. The average Bonchev–Trinajstić information content (AvgIpc) is 2.17. The Kier molecular flexibility index (Phi) is 9.24. The molecule has 0 aliphatic heterocycles. The highest BCUT2D eigenvalue weighted by Gasteiger charge is 2.02. The number of nitrogens with one attached hydrogen (secondary N) is 1. The Labute approximate surface area is 92.0 Å². The largest absolute Gasteiger partial charge is 0.481 e. The Bertz CT molecular complexity index is 199. The van der Waals surface area contributed by atoms with Gasteiger partial charge in [-0.1, -0.05) is 0 Å². The van der Waals surface area contributed by atoms with Crippen molar-refractivity contribution in [2.45, 2.75) is 0 Å². The second kappa shape index (κ2) is 9.75. The summed E-state index contributed by atoms with van der Waals surface area (Å²) < 4.78 is 4.91. The maximum Gasteiger partial charge on any atom is 0.313 e. The minimum atomic E-state index is -0.931. The molecule has 0 aromatic carbocycles. The van der Waals surface area contributed by atoms with Gasteiger partial charge in [0.2, 0.25) is 5.91 Å². The topological polar surface area (TPSA) is 95.9 Å². The number of rotatable bonds is 9. The molecule has 7 heteroatoms. The Morgan fingerprint density at radius 3 is 2.60 bits per heavy atom. The first kappa shape index (κ1) is 14.2. The Hall–Kier alpha value is -0.790. The van der Waals surface area contributed by atoms with Crippen LogP contribution in [0.1, 0.15) is 0 Å². The lowest BCUT2D eigenvalue weighted by Crippen LogP contribution is -2.29. The quantitative estimate of drug-likeness (QED) is 0.442. The number of hydrogen-bond donors (Lipinski definition) is 3. The van der Waals surface area contributed by atoms with Crippen LogP contribution in [0.2, 0.25) is 0 Å². The fourth-order valence-corrected chi connectivity index (χ4v) is 1.28. The van der Waals surface area contributed by atoms with Gasteiger partial charge in [0.05, 0.1) is 31.3 Å². The monoisotopic (exact) mass is 237 g/mol. The molecule has 0 aliphatic carbocycles. The molecule has 0 radical (unpaired) electrons. The molecule has 0 saturated carbocycles. The Morgan fingerprint density at radius 1 is 1.27 bits per heavy atom. The molecule has 0 saturated heterocycles. The van der Waals surface area contributed by atoms with Crippen LogP contribution < -0.4 is 5.32 Å². The van der Waals surface area contributed by atoms with E-state index in [1.165, 1.54) is 0 Å². The zero-order valence-electron chi connectivity index (χ0n) is 8.27. The summed E-state index contributed by atoms with van der Waals surface area (Å²) >= 11 is 1.05. The smallest absolute Gasteiger partial charge is 0.313 e. The van der Waals surface area contributed by atoms with E-state index in [1.807, 2.05) is 0 Å². The molecule has 0 unspecified atom stereocenters. The van der Waals surface area contributed by atoms with Crippen molar-refractivity contribution in [1.29, 1.82) is 0 Å². The molecule has 0 bridgehead atoms. The number of hydrogen-bond acceptors (Lipinski definition) is 5. The lowest BCUT2D eigenvalue weighted by molar-refractivity contribution is -0.133. The molecular formula is C8H15NO5S. The molecule has 0 spiro atoms. The number of carboxylic acid groups (broad SMARTS) is 1. The van der Waals surface area contributed by atoms with Crippen LogP contribution >= 0.6 is 11.8 Å². The maximum atomic E-state index is 11.0. The van der Waals surface area contributed by atoms with E-state index in [1.54, 1.807) is 0 Å². The zero-order valence-corrected chi connectivity index (χ0v) is 9.09. The first-order valence-corrected chi connectivity index (χ1v) is 5.57. The highest BCUT2D eigenvalue weighted by molar-refractivity contribution is 8.00. The van der Waals surface area contributed by atoms with E-state index in [9.17, 15) is 9.59 Å². The number of aliphatic hydroxyl groups is 1. The third-order valence-electron chi connectivity index (χ3n) is 1.26. The van der Waals surface area contributed by atoms with E-state index in [0.717, 1.165) is 11.8 Å². The van der Waals surface area contributed by atoms with Gasteiger partial charge >= 0.3 is 5.97 Å². The molecule has 15 heavy (non-hydrogen) atoms. The maximum absolute atomic E-state index is 11.0. The van der Waals surface area contributed by atoms with Crippen molar-refractivity contribution in [2.75, 3.05) is 37.9 Å². The molecule has 0 aromatic rings. The molecule has 0 rings (SSSR count). The number of thioether (sulfide) groups is 1. The standard InChI is InChI=1S/C8H15NO5S/c10-2-4-14-3-1-9-7(11)5-15-6-8(12)13/h10H,1-6H2,(H,9,11)(H,12,13). The lowest BCUT2D eigenvalue weighted by Gasteiger charge is -2.04. The van der Waals surface area contributed by atoms with Gasteiger partial charge in [0.25, 0.3) is 0 Å². The fourth-order valence-electron chi connectivity index (χ4n) is 0.711. The molecule has 0 aromatic heterocycles. The van der Waals surface area contributed by atoms with Gasteiger partial charge in [0, 0.05) is 6.54 Å². The van der Waals surface area contributed by atoms with Crippen molar-refractivity contribution in [3.05, 3.63) is 0 Å². The average molecular weight is 237 g/mol. The van der Waals surface area contributed by atoms with Gasteiger partial charge < -0.3 is 20.3 Å². The number of aliphatic hydroxyl groups excluding tert-OH is 1. The van der Waals surface area contributed by atoms with Crippen molar-refractivity contribution < 1.29 is 24.5 Å². The van der Waals surface area contributed by atoms with E-state index in [-0.39, 0.29) is 30.6 Å². The third kappa shape index (κ3) is 11.1. The van der Waals surface area contributed by atoms with E-state index in [2.05, 4.69) is 5.32 Å². The second-order valence-electron chi connectivity index (χ2n) is 2.57. The highest BCUT2D eigenvalue weighted by atomic mass is 32.2. The van der Waals surface area contributed by atoms with Gasteiger partial charge in [-0.15, -0.1) is 11.8 Å². The van der Waals surface area contributed by atoms with Gasteiger partial charge in [-0.25, -0.2) is 0 Å². The van der Waals surface area contributed by atoms with Crippen LogP contribution in [0.5, 0.6) is 0 Å². The molecule has 0 heterocycles. The van der Waals surface area contributed by atoms with Crippen LogP contribution in [0.15, 0.2) is 0 Å². The lowest BCUT2D eigenvalue weighted by atomic mass is 10.6. The summed E-state index contributed by atoms with van der Waals surface area (Å²) in [6, 6.07) is 0. The number of ether oxygens (including phenoxy) is 1. The summed E-state index contributed by atoms with van der Waals surface area (Å²) in [5.74, 6) is -1.09. The number of aliphatic carboxylic acids is 1. The third-order valence-corrected chi connectivity index (χ3v) is 2.18. The molecule has 0 fully saturated rings. The number of carbonyl (C=O) groups is 2. The van der Waals surface area contributed by atoms with Crippen LogP contribution in [-0.4, -0.2) is 60.0 Å². The van der Waals surface area contributed by atoms with E-state index in [4.69, 9.17) is 14.9 Å². The van der Waals surface area contributed by atoms with Crippen molar-refractivity contribution in [1.82, 2.24) is 5.32 Å². The first-order chi connectivity index (χ1) is 7.16. The van der Waals surface area contributed by atoms with E-state index in [0.29, 0.717) is 13.2 Å². The normalized spacial score (nSPS) is 9.93. The van der Waals surface area contributed by atoms with Gasteiger partial charge in [0.1, 0.15) is 0 Å². The molecule has 1 amide bonds. The van der Waals surface area contributed by atoms with Gasteiger partial charge in [-0.2, -0.15) is 0 Å². The van der Waals surface area contributed by atoms with E-state index < -0.39 is 5.97 Å². The Morgan fingerprint density at radius 2 is 2.00 bits per heavy atom. The fraction of sp³-hybridized carbons (Fsp3) is 0.750. The molecule has 0 aliphatic rings. The molecule has 88 valence electrons. The molecule has 0 atom stereocenters. The summed E-state index contributed by atoms with van der Waals surface area (Å²) in [5, 5.41) is 19.2. The minimum absolute atomic E-state index is 0.0393. The Balaban J connectivity index is 3.22. The van der Waals surface area contributed by atoms with Crippen LogP contribution in [-0.2, 0) is 14.3 Å². The van der Waals surface area contributed by atoms with Crippen LogP contribution in [0.4, 0.5) is 0 Å². The molecule has 3 N–H and O–H groups in total. The van der Waals surface area contributed by atoms with E-state index >= 15 is 0 Å². The molecule has 6 nitrogen and oxygen atoms in total.